The number of rotatable bonds is 3. The smallest absolute Gasteiger partial charge is 0.269 e. The van der Waals surface area contributed by atoms with E-state index < -0.39 is 4.92 Å². The second-order valence-corrected chi connectivity index (χ2v) is 3.42. The van der Waals surface area contributed by atoms with Gasteiger partial charge in [0.2, 0.25) is 0 Å². The minimum Gasteiger partial charge on any atom is -0.390 e. The maximum atomic E-state index is 10.5. The van der Waals surface area contributed by atoms with E-state index in [1.54, 1.807) is 12.1 Å². The lowest BCUT2D eigenvalue weighted by molar-refractivity contribution is -0.384. The summed E-state index contributed by atoms with van der Waals surface area (Å²) in [5.74, 6) is 0.253. The molecule has 1 aromatic heterocycles. The van der Waals surface area contributed by atoms with Gasteiger partial charge in [-0.2, -0.15) is 5.10 Å². The quantitative estimate of drug-likeness (QED) is 0.542. The molecule has 0 spiro atoms. The van der Waals surface area contributed by atoms with Crippen molar-refractivity contribution < 1.29 is 10.0 Å². The summed E-state index contributed by atoms with van der Waals surface area (Å²) in [4.78, 5) is 10.0. The SMILES string of the molecule is Nc1n[nH]c(CO)c1-c1ccc([N+](=O)[O-])cc1. The van der Waals surface area contributed by atoms with Gasteiger partial charge in [-0.25, -0.2) is 0 Å². The highest BCUT2D eigenvalue weighted by Crippen LogP contribution is 2.29. The summed E-state index contributed by atoms with van der Waals surface area (Å²) in [6.07, 6.45) is 0. The number of nitro benzene ring substituents is 1. The predicted molar refractivity (Wildman–Crippen MR) is 61.0 cm³/mol. The van der Waals surface area contributed by atoms with Crippen molar-refractivity contribution in [3.63, 3.8) is 0 Å². The van der Waals surface area contributed by atoms with E-state index >= 15 is 0 Å². The zero-order chi connectivity index (χ0) is 12.4. The van der Waals surface area contributed by atoms with Gasteiger partial charge in [0.25, 0.3) is 5.69 Å². The summed E-state index contributed by atoms with van der Waals surface area (Å²) in [6, 6.07) is 5.89. The largest absolute Gasteiger partial charge is 0.390 e. The molecule has 0 aliphatic heterocycles. The lowest BCUT2D eigenvalue weighted by Crippen LogP contribution is -1.92. The molecule has 0 atom stereocenters. The van der Waals surface area contributed by atoms with Crippen molar-refractivity contribution in [3.05, 3.63) is 40.1 Å². The number of anilines is 1. The molecule has 0 saturated heterocycles. The van der Waals surface area contributed by atoms with E-state index in [9.17, 15) is 10.1 Å². The molecule has 0 saturated carbocycles. The number of nitrogens with zero attached hydrogens (tertiary/aromatic N) is 2. The molecule has 2 aromatic rings. The average Bonchev–Trinajstić information content (AvgIpc) is 2.70. The number of nitrogens with one attached hydrogen (secondary N) is 1. The second kappa shape index (κ2) is 4.22. The fourth-order valence-electron chi connectivity index (χ4n) is 1.58. The molecule has 17 heavy (non-hydrogen) atoms. The Balaban J connectivity index is 2.46. The summed E-state index contributed by atoms with van der Waals surface area (Å²) >= 11 is 0. The van der Waals surface area contributed by atoms with Crippen LogP contribution < -0.4 is 5.73 Å². The molecular formula is C10H10N4O3. The number of aromatic nitrogens is 2. The zero-order valence-electron chi connectivity index (χ0n) is 8.75. The lowest BCUT2D eigenvalue weighted by atomic mass is 10.1. The molecule has 7 nitrogen and oxygen atoms in total. The van der Waals surface area contributed by atoms with Crippen LogP contribution in [0.15, 0.2) is 24.3 Å². The van der Waals surface area contributed by atoms with Crippen LogP contribution in [0.4, 0.5) is 11.5 Å². The van der Waals surface area contributed by atoms with E-state index in [2.05, 4.69) is 10.2 Å². The molecule has 1 heterocycles. The van der Waals surface area contributed by atoms with Crippen molar-refractivity contribution in [3.8, 4) is 11.1 Å². The van der Waals surface area contributed by atoms with Crippen molar-refractivity contribution >= 4 is 11.5 Å². The van der Waals surface area contributed by atoms with E-state index in [1.165, 1.54) is 12.1 Å². The first-order valence-electron chi connectivity index (χ1n) is 4.82. The minimum atomic E-state index is -0.477. The van der Waals surface area contributed by atoms with Gasteiger partial charge in [0.1, 0.15) is 0 Å². The standard InChI is InChI=1S/C10H10N4O3/c11-10-9(8(5-15)12-13-10)6-1-3-7(4-2-6)14(16)17/h1-4,15H,5H2,(H3,11,12,13). The number of hydrogen-bond acceptors (Lipinski definition) is 5. The van der Waals surface area contributed by atoms with Gasteiger partial charge in [-0.1, -0.05) is 0 Å². The first-order chi connectivity index (χ1) is 8.13. The maximum Gasteiger partial charge on any atom is 0.269 e. The summed E-state index contributed by atoms with van der Waals surface area (Å²) < 4.78 is 0. The predicted octanol–water partition coefficient (Wildman–Crippen LogP) is 1.06. The number of H-pyrrole nitrogens is 1. The van der Waals surface area contributed by atoms with Gasteiger partial charge in [-0.05, 0) is 17.7 Å². The number of aliphatic hydroxyl groups is 1. The van der Waals surface area contributed by atoms with Gasteiger partial charge in [0, 0.05) is 17.7 Å². The van der Waals surface area contributed by atoms with Crippen LogP contribution in [0.1, 0.15) is 5.69 Å². The van der Waals surface area contributed by atoms with Gasteiger partial charge in [-0.3, -0.25) is 15.2 Å². The topological polar surface area (TPSA) is 118 Å². The molecule has 0 bridgehead atoms. The molecule has 0 aliphatic rings. The Hall–Kier alpha value is -2.41. The van der Waals surface area contributed by atoms with Crippen molar-refractivity contribution in [2.45, 2.75) is 6.61 Å². The summed E-state index contributed by atoms with van der Waals surface area (Å²) in [5, 5.41) is 26.0. The Morgan fingerprint density at radius 3 is 2.59 bits per heavy atom. The number of nitrogens with two attached hydrogens (primary N) is 1. The van der Waals surface area contributed by atoms with Crippen molar-refractivity contribution in [1.82, 2.24) is 10.2 Å². The molecule has 0 aliphatic carbocycles. The van der Waals surface area contributed by atoms with Gasteiger partial charge in [-0.15, -0.1) is 0 Å². The van der Waals surface area contributed by atoms with Crippen molar-refractivity contribution in [2.24, 2.45) is 0 Å². The second-order valence-electron chi connectivity index (χ2n) is 3.42. The van der Waals surface area contributed by atoms with Crippen LogP contribution >= 0.6 is 0 Å². The highest BCUT2D eigenvalue weighted by Gasteiger charge is 2.13. The number of aromatic amines is 1. The molecule has 7 heteroatoms. The molecule has 4 N–H and O–H groups in total. The van der Waals surface area contributed by atoms with Crippen molar-refractivity contribution in [2.75, 3.05) is 5.73 Å². The number of non-ortho nitro benzene ring substituents is 1. The lowest BCUT2D eigenvalue weighted by Gasteiger charge is -2.01. The Kier molecular flexibility index (Phi) is 2.75. The number of hydrogen-bond donors (Lipinski definition) is 3. The van der Waals surface area contributed by atoms with E-state index in [1.807, 2.05) is 0 Å². The Morgan fingerprint density at radius 2 is 2.06 bits per heavy atom. The molecular weight excluding hydrogens is 224 g/mol. The molecule has 0 unspecified atom stereocenters. The van der Waals surface area contributed by atoms with E-state index in [0.29, 0.717) is 16.8 Å². The number of aliphatic hydroxyl groups excluding tert-OH is 1. The molecule has 0 fully saturated rings. The van der Waals surface area contributed by atoms with Gasteiger partial charge < -0.3 is 10.8 Å². The van der Waals surface area contributed by atoms with Crippen LogP contribution in [-0.2, 0) is 6.61 Å². The number of nitro groups is 1. The van der Waals surface area contributed by atoms with E-state index in [0.717, 1.165) is 0 Å². The van der Waals surface area contributed by atoms with Gasteiger partial charge >= 0.3 is 0 Å². The Bertz CT molecular complexity index is 547. The van der Waals surface area contributed by atoms with Gasteiger partial charge in [0.05, 0.1) is 17.2 Å². The normalized spacial score (nSPS) is 10.4. The van der Waals surface area contributed by atoms with Crippen LogP contribution in [0, 0.1) is 10.1 Å². The van der Waals surface area contributed by atoms with Crippen LogP contribution in [0.3, 0.4) is 0 Å². The summed E-state index contributed by atoms with van der Waals surface area (Å²) in [6.45, 7) is -0.226. The highest BCUT2D eigenvalue weighted by atomic mass is 16.6. The van der Waals surface area contributed by atoms with Crippen LogP contribution in [0.5, 0.6) is 0 Å². The number of nitrogen functional groups attached to an aromatic ring is 1. The monoisotopic (exact) mass is 234 g/mol. The van der Waals surface area contributed by atoms with Crippen LogP contribution in [-0.4, -0.2) is 20.2 Å². The first-order valence-corrected chi connectivity index (χ1v) is 4.82. The molecule has 0 amide bonds. The molecule has 1 aromatic carbocycles. The molecule has 2 rings (SSSR count). The third-order valence-corrected chi connectivity index (χ3v) is 2.39. The third kappa shape index (κ3) is 1.95. The average molecular weight is 234 g/mol. The fraction of sp³-hybridized carbons (Fsp3) is 0.100. The highest BCUT2D eigenvalue weighted by molar-refractivity contribution is 5.76. The Labute approximate surface area is 96.0 Å². The fourth-order valence-corrected chi connectivity index (χ4v) is 1.58. The van der Waals surface area contributed by atoms with Crippen molar-refractivity contribution in [1.29, 1.82) is 0 Å². The summed E-state index contributed by atoms with van der Waals surface area (Å²) in [5.41, 5.74) is 7.39. The number of benzene rings is 1. The Morgan fingerprint density at radius 1 is 1.41 bits per heavy atom. The molecule has 0 radical (unpaired) electrons. The first kappa shape index (κ1) is 11.1. The minimum absolute atomic E-state index is 0.00126. The van der Waals surface area contributed by atoms with Crippen LogP contribution in [0.2, 0.25) is 0 Å². The maximum absolute atomic E-state index is 10.5. The zero-order valence-corrected chi connectivity index (χ0v) is 8.75. The third-order valence-electron chi connectivity index (χ3n) is 2.39. The molecule has 88 valence electrons. The summed E-state index contributed by atoms with van der Waals surface area (Å²) in [7, 11) is 0. The van der Waals surface area contributed by atoms with E-state index in [4.69, 9.17) is 10.8 Å². The van der Waals surface area contributed by atoms with Gasteiger partial charge in [0.15, 0.2) is 5.82 Å². The van der Waals surface area contributed by atoms with E-state index in [-0.39, 0.29) is 18.1 Å². The van der Waals surface area contributed by atoms with Crippen LogP contribution in [0.25, 0.3) is 11.1 Å².